The van der Waals surface area contributed by atoms with Gasteiger partial charge in [0.05, 0.1) is 24.1 Å². The van der Waals surface area contributed by atoms with Crippen molar-refractivity contribution < 1.29 is 22.7 Å². The molecule has 29 heavy (non-hydrogen) atoms. The molecule has 3 rings (SSSR count). The minimum absolute atomic E-state index is 0.0421. The van der Waals surface area contributed by atoms with Crippen LogP contribution < -0.4 is 10.1 Å². The molecule has 5 nitrogen and oxygen atoms in total. The molecule has 0 aromatic heterocycles. The van der Waals surface area contributed by atoms with Crippen LogP contribution in [-0.4, -0.2) is 29.6 Å². The molecule has 1 N–H and O–H groups in total. The zero-order valence-corrected chi connectivity index (χ0v) is 16.6. The van der Waals surface area contributed by atoms with Gasteiger partial charge in [-0.05, 0) is 60.0 Å². The summed E-state index contributed by atoms with van der Waals surface area (Å²) < 4.78 is 43.8. The third-order valence-corrected chi connectivity index (χ3v) is 5.47. The van der Waals surface area contributed by atoms with Crippen molar-refractivity contribution in [2.75, 3.05) is 7.11 Å². The average molecular weight is 442 g/mol. The van der Waals surface area contributed by atoms with Gasteiger partial charge in [-0.1, -0.05) is 23.4 Å². The predicted molar refractivity (Wildman–Crippen MR) is 108 cm³/mol. The standard InChI is InChI=1S/C19H15ClF3N3O2S/c1-28-14-5-2-11(3-6-14)10-24-26-18-25-17(27)16(29-18)9-12-8-13(19(21,22)23)4-7-15(12)20/h2-8,10,16H,9H2,1H3,(H,25,26,27)/b24-10-/t16-/m0/s1. The van der Waals surface area contributed by atoms with Crippen LogP contribution in [0.15, 0.2) is 52.7 Å². The highest BCUT2D eigenvalue weighted by Gasteiger charge is 2.34. The van der Waals surface area contributed by atoms with E-state index in [4.69, 9.17) is 16.3 Å². The van der Waals surface area contributed by atoms with Crippen LogP contribution in [0.2, 0.25) is 5.02 Å². The van der Waals surface area contributed by atoms with Crippen molar-refractivity contribution in [1.82, 2.24) is 5.32 Å². The average Bonchev–Trinajstić information content (AvgIpc) is 3.02. The molecule has 0 radical (unpaired) electrons. The second-order valence-electron chi connectivity index (χ2n) is 6.03. The maximum absolute atomic E-state index is 12.9. The van der Waals surface area contributed by atoms with Gasteiger partial charge in [-0.3, -0.25) is 4.79 Å². The molecule has 0 spiro atoms. The molecule has 1 aliphatic rings. The van der Waals surface area contributed by atoms with E-state index in [1.807, 2.05) is 0 Å². The normalized spacial score (nSPS) is 18.4. The van der Waals surface area contributed by atoms with Gasteiger partial charge in [-0.2, -0.15) is 18.3 Å². The lowest BCUT2D eigenvalue weighted by Gasteiger charge is -2.12. The summed E-state index contributed by atoms with van der Waals surface area (Å²) in [6, 6.07) is 10.2. The molecule has 10 heteroatoms. The number of carbonyl (C=O) groups excluding carboxylic acids is 1. The lowest BCUT2D eigenvalue weighted by Crippen LogP contribution is -2.26. The van der Waals surface area contributed by atoms with E-state index in [-0.39, 0.29) is 28.1 Å². The number of benzene rings is 2. The first-order valence-corrected chi connectivity index (χ1v) is 9.60. The second kappa shape index (κ2) is 8.87. The Bertz CT molecular complexity index is 962. The van der Waals surface area contributed by atoms with Gasteiger partial charge in [0.25, 0.3) is 0 Å². The van der Waals surface area contributed by atoms with Crippen molar-refractivity contribution in [2.45, 2.75) is 17.8 Å². The zero-order chi connectivity index (χ0) is 21.0. The van der Waals surface area contributed by atoms with Crippen LogP contribution in [0.4, 0.5) is 13.2 Å². The van der Waals surface area contributed by atoms with Gasteiger partial charge in [0, 0.05) is 5.02 Å². The van der Waals surface area contributed by atoms with Gasteiger partial charge in [-0.25, -0.2) is 0 Å². The summed E-state index contributed by atoms with van der Waals surface area (Å²) >= 11 is 7.10. The molecule has 0 bridgehead atoms. The Morgan fingerprint density at radius 3 is 2.62 bits per heavy atom. The van der Waals surface area contributed by atoms with Crippen molar-refractivity contribution in [3.8, 4) is 5.75 Å². The van der Waals surface area contributed by atoms with E-state index >= 15 is 0 Å². The number of thioether (sulfide) groups is 1. The van der Waals surface area contributed by atoms with Crippen molar-refractivity contribution in [3.63, 3.8) is 0 Å². The monoisotopic (exact) mass is 441 g/mol. The van der Waals surface area contributed by atoms with Crippen molar-refractivity contribution in [3.05, 3.63) is 64.2 Å². The molecule has 1 saturated heterocycles. The number of methoxy groups -OCH3 is 1. The Balaban J connectivity index is 1.67. The Labute approximate surface area is 174 Å². The van der Waals surface area contributed by atoms with E-state index in [0.29, 0.717) is 5.75 Å². The Morgan fingerprint density at radius 2 is 1.97 bits per heavy atom. The van der Waals surface area contributed by atoms with Gasteiger partial charge < -0.3 is 10.1 Å². The Morgan fingerprint density at radius 1 is 1.24 bits per heavy atom. The number of nitrogens with zero attached hydrogens (tertiary/aromatic N) is 2. The molecule has 0 unspecified atom stereocenters. The van der Waals surface area contributed by atoms with E-state index in [9.17, 15) is 18.0 Å². The van der Waals surface area contributed by atoms with Gasteiger partial charge in [0.2, 0.25) is 5.91 Å². The van der Waals surface area contributed by atoms with E-state index in [2.05, 4.69) is 15.5 Å². The smallest absolute Gasteiger partial charge is 0.416 e. The van der Waals surface area contributed by atoms with Crippen molar-refractivity contribution in [1.29, 1.82) is 0 Å². The molecular weight excluding hydrogens is 427 g/mol. The predicted octanol–water partition coefficient (Wildman–Crippen LogP) is 4.53. The van der Waals surface area contributed by atoms with E-state index < -0.39 is 17.0 Å². The minimum Gasteiger partial charge on any atom is -0.497 e. The number of ether oxygens (including phenoxy) is 1. The fourth-order valence-corrected chi connectivity index (χ4v) is 3.68. The Kier molecular flexibility index (Phi) is 6.49. The number of carbonyl (C=O) groups is 1. The van der Waals surface area contributed by atoms with E-state index in [1.165, 1.54) is 12.3 Å². The summed E-state index contributed by atoms with van der Waals surface area (Å²) in [5.41, 5.74) is 0.229. The molecule has 0 saturated carbocycles. The lowest BCUT2D eigenvalue weighted by atomic mass is 10.1. The van der Waals surface area contributed by atoms with Crippen LogP contribution >= 0.6 is 23.4 Å². The largest absolute Gasteiger partial charge is 0.497 e. The number of amidine groups is 1. The van der Waals surface area contributed by atoms with Crippen LogP contribution in [0.3, 0.4) is 0 Å². The molecule has 1 heterocycles. The molecule has 1 aliphatic heterocycles. The van der Waals surface area contributed by atoms with Crippen molar-refractivity contribution in [2.24, 2.45) is 10.2 Å². The highest BCUT2D eigenvalue weighted by molar-refractivity contribution is 8.15. The first-order chi connectivity index (χ1) is 13.8. The molecule has 1 fully saturated rings. The number of alkyl halides is 3. The number of halogens is 4. The van der Waals surface area contributed by atoms with E-state index in [0.717, 1.165) is 29.5 Å². The summed E-state index contributed by atoms with van der Waals surface area (Å²) in [5.74, 6) is 0.352. The summed E-state index contributed by atoms with van der Waals surface area (Å²) in [7, 11) is 1.57. The molecule has 2 aromatic carbocycles. The maximum Gasteiger partial charge on any atom is 0.416 e. The zero-order valence-electron chi connectivity index (χ0n) is 15.0. The third-order valence-electron chi connectivity index (χ3n) is 4.03. The topological polar surface area (TPSA) is 63.1 Å². The quantitative estimate of drug-likeness (QED) is 0.547. The lowest BCUT2D eigenvalue weighted by molar-refractivity contribution is -0.137. The number of hydrogen-bond acceptors (Lipinski definition) is 5. The molecule has 0 aliphatic carbocycles. The summed E-state index contributed by atoms with van der Waals surface area (Å²) in [6.45, 7) is 0. The van der Waals surface area contributed by atoms with Gasteiger partial charge in [0.1, 0.15) is 5.75 Å². The summed E-state index contributed by atoms with van der Waals surface area (Å²) in [4.78, 5) is 12.1. The summed E-state index contributed by atoms with van der Waals surface area (Å²) in [6.07, 6.45) is -2.93. The molecule has 2 aromatic rings. The van der Waals surface area contributed by atoms with E-state index in [1.54, 1.807) is 31.4 Å². The van der Waals surface area contributed by atoms with Crippen LogP contribution in [0, 0.1) is 0 Å². The molecule has 1 atom stereocenters. The highest BCUT2D eigenvalue weighted by atomic mass is 35.5. The fraction of sp³-hybridized carbons (Fsp3) is 0.211. The van der Waals surface area contributed by atoms with Crippen LogP contribution in [0.25, 0.3) is 0 Å². The third kappa shape index (κ3) is 5.51. The SMILES string of the molecule is COc1ccc(/C=N\N=C2\NC(=O)[C@H](Cc3cc(C(F)(F)F)ccc3Cl)S2)cc1. The molecule has 152 valence electrons. The second-order valence-corrected chi connectivity index (χ2v) is 7.63. The number of hydrogen-bond donors (Lipinski definition) is 1. The van der Waals surface area contributed by atoms with Crippen LogP contribution in [-0.2, 0) is 17.4 Å². The number of nitrogens with one attached hydrogen (secondary N) is 1. The molecule has 1 amide bonds. The number of amides is 1. The van der Waals surface area contributed by atoms with Crippen molar-refractivity contribution >= 4 is 40.7 Å². The maximum atomic E-state index is 12.9. The van der Waals surface area contributed by atoms with Crippen LogP contribution in [0.1, 0.15) is 16.7 Å². The fourth-order valence-electron chi connectivity index (χ4n) is 2.53. The first-order valence-electron chi connectivity index (χ1n) is 8.34. The first kappa shape index (κ1) is 21.2. The Hall–Kier alpha value is -2.52. The van der Waals surface area contributed by atoms with Gasteiger partial charge in [0.15, 0.2) is 5.17 Å². The molecular formula is C19H15ClF3N3O2S. The number of rotatable bonds is 5. The highest BCUT2D eigenvalue weighted by Crippen LogP contribution is 2.33. The minimum atomic E-state index is -4.48. The van der Waals surface area contributed by atoms with Gasteiger partial charge in [-0.15, -0.1) is 5.10 Å². The summed E-state index contributed by atoms with van der Waals surface area (Å²) in [5, 5.41) is 10.3. The van der Waals surface area contributed by atoms with Crippen LogP contribution in [0.5, 0.6) is 5.75 Å². The van der Waals surface area contributed by atoms with Gasteiger partial charge >= 0.3 is 6.18 Å².